The highest BCUT2D eigenvalue weighted by Crippen LogP contribution is 2.45. The lowest BCUT2D eigenvalue weighted by atomic mass is 10.1. The third-order valence-corrected chi connectivity index (χ3v) is 6.04. The summed E-state index contributed by atoms with van der Waals surface area (Å²) >= 11 is 1.60. The summed E-state index contributed by atoms with van der Waals surface area (Å²) in [6.07, 6.45) is 1.49. The number of thioether (sulfide) groups is 1. The molecule has 2 unspecified atom stereocenters. The SMILES string of the molecule is CCN(CCN1C(=O)C(C)SC1c1ccccc1OC)C(=O)c1ccco1. The van der Waals surface area contributed by atoms with Gasteiger partial charge in [0.05, 0.1) is 18.6 Å². The Morgan fingerprint density at radius 3 is 2.74 bits per heavy atom. The number of hydrogen-bond donors (Lipinski definition) is 0. The second-order valence-corrected chi connectivity index (χ2v) is 7.69. The van der Waals surface area contributed by atoms with E-state index in [1.54, 1.807) is 35.9 Å². The lowest BCUT2D eigenvalue weighted by Gasteiger charge is -2.28. The van der Waals surface area contributed by atoms with Gasteiger partial charge in [-0.05, 0) is 32.0 Å². The predicted molar refractivity (Wildman–Crippen MR) is 105 cm³/mol. The average molecular weight is 388 g/mol. The molecule has 1 fully saturated rings. The predicted octanol–water partition coefficient (Wildman–Crippen LogP) is 3.41. The lowest BCUT2D eigenvalue weighted by molar-refractivity contribution is -0.130. The van der Waals surface area contributed by atoms with Crippen LogP contribution in [0.3, 0.4) is 0 Å². The molecule has 1 aromatic heterocycles. The molecule has 1 aromatic carbocycles. The zero-order chi connectivity index (χ0) is 19.4. The fourth-order valence-electron chi connectivity index (χ4n) is 3.20. The monoisotopic (exact) mass is 388 g/mol. The highest BCUT2D eigenvalue weighted by molar-refractivity contribution is 8.01. The van der Waals surface area contributed by atoms with Crippen LogP contribution in [-0.4, -0.2) is 53.6 Å². The van der Waals surface area contributed by atoms with Crippen molar-refractivity contribution in [3.63, 3.8) is 0 Å². The molecular formula is C20H24N2O4S. The van der Waals surface area contributed by atoms with Crippen molar-refractivity contribution in [2.45, 2.75) is 24.5 Å². The Morgan fingerprint density at radius 2 is 2.07 bits per heavy atom. The van der Waals surface area contributed by atoms with E-state index in [1.165, 1.54) is 6.26 Å². The summed E-state index contributed by atoms with van der Waals surface area (Å²) < 4.78 is 10.7. The average Bonchev–Trinajstić information content (AvgIpc) is 3.32. The maximum atomic E-state index is 12.7. The summed E-state index contributed by atoms with van der Waals surface area (Å²) in [6, 6.07) is 11.1. The number of benzene rings is 1. The van der Waals surface area contributed by atoms with Gasteiger partial charge in [0.15, 0.2) is 5.76 Å². The van der Waals surface area contributed by atoms with Gasteiger partial charge in [0.25, 0.3) is 5.91 Å². The molecule has 144 valence electrons. The summed E-state index contributed by atoms with van der Waals surface area (Å²) in [7, 11) is 1.63. The van der Waals surface area contributed by atoms with Gasteiger partial charge in [-0.2, -0.15) is 0 Å². The Bertz CT molecular complexity index is 793. The van der Waals surface area contributed by atoms with Crippen molar-refractivity contribution in [3.8, 4) is 5.75 Å². The molecule has 2 atom stereocenters. The highest BCUT2D eigenvalue weighted by atomic mass is 32.2. The molecule has 0 N–H and O–H groups in total. The van der Waals surface area contributed by atoms with E-state index >= 15 is 0 Å². The normalized spacial score (nSPS) is 19.4. The smallest absolute Gasteiger partial charge is 0.289 e. The Balaban J connectivity index is 1.76. The first-order valence-electron chi connectivity index (χ1n) is 8.98. The molecule has 1 aliphatic rings. The minimum atomic E-state index is -0.163. The molecule has 2 amide bonds. The van der Waals surface area contributed by atoms with E-state index < -0.39 is 0 Å². The van der Waals surface area contributed by atoms with Gasteiger partial charge in [-0.1, -0.05) is 18.2 Å². The Morgan fingerprint density at radius 1 is 1.30 bits per heavy atom. The molecule has 0 bridgehead atoms. The van der Waals surface area contributed by atoms with Crippen LogP contribution in [-0.2, 0) is 4.79 Å². The second-order valence-electron chi connectivity index (χ2n) is 6.27. The van der Waals surface area contributed by atoms with Crippen LogP contribution in [0.5, 0.6) is 5.75 Å². The first-order valence-corrected chi connectivity index (χ1v) is 9.92. The molecule has 7 heteroatoms. The minimum absolute atomic E-state index is 0.0809. The highest BCUT2D eigenvalue weighted by Gasteiger charge is 2.39. The summed E-state index contributed by atoms with van der Waals surface area (Å²) in [6.45, 7) is 5.28. The maximum absolute atomic E-state index is 12.7. The molecule has 0 aliphatic carbocycles. The lowest BCUT2D eigenvalue weighted by Crippen LogP contribution is -2.40. The third kappa shape index (κ3) is 3.98. The second kappa shape index (κ2) is 8.52. The van der Waals surface area contributed by atoms with Crippen LogP contribution in [0.25, 0.3) is 0 Å². The fourth-order valence-corrected chi connectivity index (χ4v) is 4.54. The molecule has 1 saturated heterocycles. The number of carbonyl (C=O) groups is 2. The van der Waals surface area contributed by atoms with Crippen LogP contribution < -0.4 is 4.74 Å². The number of hydrogen-bond acceptors (Lipinski definition) is 5. The van der Waals surface area contributed by atoms with E-state index in [1.807, 2.05) is 43.0 Å². The van der Waals surface area contributed by atoms with Gasteiger partial charge in [0.1, 0.15) is 11.1 Å². The van der Waals surface area contributed by atoms with E-state index in [-0.39, 0.29) is 22.4 Å². The third-order valence-electron chi connectivity index (χ3n) is 4.66. The van der Waals surface area contributed by atoms with Gasteiger partial charge in [-0.15, -0.1) is 11.8 Å². The Labute approximate surface area is 163 Å². The number of para-hydroxylation sites is 1. The topological polar surface area (TPSA) is 63.0 Å². The number of nitrogens with zero attached hydrogens (tertiary/aromatic N) is 2. The van der Waals surface area contributed by atoms with Gasteiger partial charge in [0, 0.05) is 25.2 Å². The van der Waals surface area contributed by atoms with Gasteiger partial charge >= 0.3 is 0 Å². The number of likely N-dealkylation sites (N-methyl/N-ethyl adjacent to an activating group) is 1. The van der Waals surface area contributed by atoms with Gasteiger partial charge in [0.2, 0.25) is 5.91 Å². The van der Waals surface area contributed by atoms with E-state index in [0.717, 1.165) is 11.3 Å². The largest absolute Gasteiger partial charge is 0.496 e. The molecule has 2 heterocycles. The van der Waals surface area contributed by atoms with Gasteiger partial charge in [-0.3, -0.25) is 9.59 Å². The number of methoxy groups -OCH3 is 1. The van der Waals surface area contributed by atoms with Crippen LogP contribution in [0.15, 0.2) is 47.1 Å². The Hall–Kier alpha value is -2.41. The van der Waals surface area contributed by atoms with Crippen molar-refractivity contribution in [2.75, 3.05) is 26.7 Å². The first-order chi connectivity index (χ1) is 13.1. The van der Waals surface area contributed by atoms with Crippen LogP contribution >= 0.6 is 11.8 Å². The number of ether oxygens (including phenoxy) is 1. The Kier molecular flexibility index (Phi) is 6.11. The summed E-state index contributed by atoms with van der Waals surface area (Å²) in [4.78, 5) is 28.8. The molecule has 0 spiro atoms. The molecular weight excluding hydrogens is 364 g/mol. The summed E-state index contributed by atoms with van der Waals surface area (Å²) in [5, 5.41) is -0.253. The number of rotatable bonds is 7. The number of amides is 2. The minimum Gasteiger partial charge on any atom is -0.496 e. The number of furan rings is 1. The van der Waals surface area contributed by atoms with E-state index in [9.17, 15) is 9.59 Å². The van der Waals surface area contributed by atoms with Crippen LogP contribution in [0.2, 0.25) is 0 Å². The first kappa shape index (κ1) is 19.4. The van der Waals surface area contributed by atoms with E-state index in [0.29, 0.717) is 25.4 Å². The molecule has 27 heavy (non-hydrogen) atoms. The summed E-state index contributed by atoms with van der Waals surface area (Å²) in [5.74, 6) is 0.996. The number of carbonyl (C=O) groups excluding carboxylic acids is 2. The van der Waals surface area contributed by atoms with Crippen molar-refractivity contribution in [3.05, 3.63) is 54.0 Å². The molecule has 0 saturated carbocycles. The van der Waals surface area contributed by atoms with Crippen molar-refractivity contribution in [1.29, 1.82) is 0 Å². The van der Waals surface area contributed by atoms with E-state index in [4.69, 9.17) is 9.15 Å². The molecule has 2 aromatic rings. The quantitative estimate of drug-likeness (QED) is 0.727. The van der Waals surface area contributed by atoms with Crippen molar-refractivity contribution in [1.82, 2.24) is 9.80 Å². The maximum Gasteiger partial charge on any atom is 0.289 e. The van der Waals surface area contributed by atoms with Crippen molar-refractivity contribution < 1.29 is 18.7 Å². The summed E-state index contributed by atoms with van der Waals surface area (Å²) in [5.41, 5.74) is 0.975. The molecule has 3 rings (SSSR count). The molecule has 6 nitrogen and oxygen atoms in total. The van der Waals surface area contributed by atoms with Crippen LogP contribution in [0, 0.1) is 0 Å². The standard InChI is InChI=1S/C20H24N2O4S/c1-4-21(19(24)17-10-7-13-26-17)11-12-22-18(23)14(2)27-20(22)15-8-5-6-9-16(15)25-3/h5-10,13-14,20H,4,11-12H2,1-3H3. The van der Waals surface area contributed by atoms with Gasteiger partial charge in [-0.25, -0.2) is 0 Å². The van der Waals surface area contributed by atoms with Crippen LogP contribution in [0.1, 0.15) is 35.3 Å². The zero-order valence-electron chi connectivity index (χ0n) is 15.8. The zero-order valence-corrected chi connectivity index (χ0v) is 16.6. The van der Waals surface area contributed by atoms with E-state index in [2.05, 4.69) is 0 Å². The fraction of sp³-hybridized carbons (Fsp3) is 0.400. The van der Waals surface area contributed by atoms with Crippen molar-refractivity contribution in [2.24, 2.45) is 0 Å². The van der Waals surface area contributed by atoms with Crippen LogP contribution in [0.4, 0.5) is 0 Å². The van der Waals surface area contributed by atoms with Gasteiger partial charge < -0.3 is 19.0 Å². The van der Waals surface area contributed by atoms with Crippen molar-refractivity contribution >= 4 is 23.6 Å². The molecule has 0 radical (unpaired) electrons. The molecule has 1 aliphatic heterocycles.